The monoisotopic (exact) mass is 2140 g/mol. The number of carbonyl (C=O) groups excluding carboxylic acids is 11. The van der Waals surface area contributed by atoms with Gasteiger partial charge in [-0.1, -0.05) is 54.2 Å². The molecule has 16 heterocycles. The second-order valence-electron chi connectivity index (χ2n) is 45.1. The van der Waals surface area contributed by atoms with Crippen LogP contribution >= 0.6 is 38.2 Å². The Balaban J connectivity index is 0.000000149. The summed E-state index contributed by atoms with van der Waals surface area (Å²) in [5.74, 6) is 6.37. The van der Waals surface area contributed by atoms with Crippen LogP contribution in [0.3, 0.4) is 0 Å². The first-order valence-electron chi connectivity index (χ1n) is 51.5. The van der Waals surface area contributed by atoms with E-state index in [-0.39, 0.29) is 129 Å². The smallest absolute Gasteiger partial charge is 0.410 e. The van der Waals surface area contributed by atoms with Gasteiger partial charge in [-0.3, -0.25) is 106 Å². The maximum Gasteiger partial charge on any atom is 0.410 e. The number of nitrogens with one attached hydrogen (secondary N) is 5. The van der Waals surface area contributed by atoms with Gasteiger partial charge < -0.3 is 44.0 Å². The van der Waals surface area contributed by atoms with Gasteiger partial charge in [-0.05, 0) is 299 Å². The molecule has 0 saturated carbocycles. The number of aryl methyl sites for hydroxylation is 6. The molecule has 148 heavy (non-hydrogen) atoms. The van der Waals surface area contributed by atoms with Crippen molar-refractivity contribution in [3.63, 3.8) is 0 Å². The second kappa shape index (κ2) is 45.7. The van der Waals surface area contributed by atoms with Crippen LogP contribution < -0.4 is 49.3 Å². The van der Waals surface area contributed by atoms with Gasteiger partial charge in [-0.25, -0.2) is 33.6 Å². The number of para-hydroxylation sites is 4. The predicted molar refractivity (Wildman–Crippen MR) is 572 cm³/mol. The number of imidazole rings is 4. The lowest BCUT2D eigenvalue weighted by molar-refractivity contribution is -0.137. The first kappa shape index (κ1) is 112. The average Bonchev–Trinajstić information content (AvgIpc) is 0.855. The van der Waals surface area contributed by atoms with Gasteiger partial charge in [0.2, 0.25) is 47.3 Å². The Morgan fingerprint density at radius 2 is 0.676 bits per heavy atom. The number of rotatable bonds is 14. The van der Waals surface area contributed by atoms with Crippen LogP contribution in [0.25, 0.3) is 44.1 Å². The van der Waals surface area contributed by atoms with Crippen molar-refractivity contribution in [1.82, 2.24) is 97.4 Å². The molecule has 20 rings (SSSR count). The number of benzene rings is 4. The number of hydrogen-bond donors (Lipinski definition) is 5. The van der Waals surface area contributed by atoms with E-state index in [1.165, 1.54) is 57.3 Å². The van der Waals surface area contributed by atoms with Crippen LogP contribution in [0.5, 0.6) is 0 Å². The second-order valence-corrected chi connectivity index (χ2v) is 46.0. The number of halogens is 2. The Kier molecular flexibility index (Phi) is 34.6. The molecule has 0 aliphatic carbocycles. The van der Waals surface area contributed by atoms with E-state index < -0.39 is 58.7 Å². The zero-order chi connectivity index (χ0) is 105. The third-order valence-electron chi connectivity index (χ3n) is 31.1. The Labute approximate surface area is 879 Å². The quantitative estimate of drug-likeness (QED) is 0.0293. The summed E-state index contributed by atoms with van der Waals surface area (Å²) in [6.07, 6.45) is 19.8. The summed E-state index contributed by atoms with van der Waals surface area (Å²) in [6.45, 7) is 35.9. The molecule has 12 saturated heterocycles. The van der Waals surface area contributed by atoms with E-state index in [0.717, 1.165) is 211 Å². The van der Waals surface area contributed by atoms with E-state index in [1.807, 2.05) is 127 Å². The number of carbonyl (C=O) groups is 11. The van der Waals surface area contributed by atoms with Gasteiger partial charge in [-0.2, -0.15) is 9.90 Å². The topological polar surface area (TPSA) is 406 Å². The lowest BCUT2D eigenvalue weighted by Gasteiger charge is -2.53. The fraction of sp³-hybridized carbons (Fsp3) is 0.598. The van der Waals surface area contributed by atoms with Crippen molar-refractivity contribution in [2.75, 3.05) is 131 Å². The summed E-state index contributed by atoms with van der Waals surface area (Å²) < 4.78 is 29.5. The molecule has 41 heteroatoms. The van der Waals surface area contributed by atoms with Crippen molar-refractivity contribution < 1.29 is 67.0 Å². The largest absolute Gasteiger partial charge is 0.444 e. The van der Waals surface area contributed by atoms with Crippen LogP contribution in [0.15, 0.2) is 96.4 Å². The van der Waals surface area contributed by atoms with Crippen LogP contribution in [-0.2, 0) is 93.6 Å². The predicted octanol–water partition coefficient (Wildman–Crippen LogP) is 9.03. The van der Waals surface area contributed by atoms with E-state index in [0.29, 0.717) is 59.6 Å². The van der Waals surface area contributed by atoms with Gasteiger partial charge in [0.15, 0.2) is 0 Å². The molecule has 12 aliphatic rings. The van der Waals surface area contributed by atoms with E-state index in [9.17, 15) is 71.9 Å². The standard InChI is InChI=1S/C28H39N5O5.C28H35N5O5.C23H31N5O3.C15H24N2O2.C13H12BrN3O3.ClH.H3P/c2*1-27(2,3)38-26(37)32-17-28(18-32)12-15-31(16-13-28)14-6-8-19-7-5-9-20-23(19)30(4)25(36)33(20)21-10-11-22(34)29-24(21)35;1-26-20-16(5-3-11-27-12-9-23(10-13-27)14-24-15-23)4-2-6-17(20)28(22(26)31)18-7-8-19(29)25-21(18)30;1-5-8-16-9-6-15(7-10-16)11-17(12-15)13(18)19-14(2,3)4;1-16-11-7(14)3-2-4-8(11)17(13(16)20)9-5-6-10(18)15-12(9)19;;/h5,7,9,21H,6,8,10-18H2,1-4H3,(H,29,34,35);5,7,9,21H,10-18H2,1-4H3,(H,29,34,35);2,4,6,18,24H,3,5,7-15H2,1H3,(H,25,29,30);1H,6-12H2,2-4H3;2-4,9H,5-6H2,1H3,(H,15,18,19);1H;1H3. The number of likely N-dealkylation sites (tertiary alicyclic amines) is 7. The first-order chi connectivity index (χ1) is 69.2. The van der Waals surface area contributed by atoms with Gasteiger partial charge in [0, 0.05) is 127 Å². The lowest BCUT2D eigenvalue weighted by atomic mass is 9.72. The molecule has 11 amide bonds. The van der Waals surface area contributed by atoms with Crippen LogP contribution in [0.4, 0.5) is 14.4 Å². The van der Waals surface area contributed by atoms with Crippen LogP contribution in [0.1, 0.15) is 219 Å². The normalized spacial score (nSPS) is 21.7. The van der Waals surface area contributed by atoms with E-state index in [1.54, 1.807) is 57.4 Å². The maximum absolute atomic E-state index is 13.1. The van der Waals surface area contributed by atoms with Crippen molar-refractivity contribution in [2.45, 2.75) is 232 Å². The minimum atomic E-state index is -0.717. The number of aromatic nitrogens is 8. The Bertz CT molecular complexity index is 6760. The molecule has 0 bridgehead atoms. The number of ether oxygens (including phenoxy) is 3. The van der Waals surface area contributed by atoms with E-state index in [2.05, 4.69) is 92.0 Å². The maximum atomic E-state index is 13.1. The molecular weight excluding hydrogens is 2000 g/mol. The molecule has 12 aliphatic heterocycles. The summed E-state index contributed by atoms with van der Waals surface area (Å²) >= 11 is 3.42. The average molecular weight is 2150 g/mol. The number of terminal acetylenes is 1. The lowest BCUT2D eigenvalue weighted by Crippen LogP contribution is -2.62. The summed E-state index contributed by atoms with van der Waals surface area (Å²) in [7, 11) is 6.87. The molecule has 8 aromatic rings. The third-order valence-corrected chi connectivity index (χ3v) is 31.7. The summed E-state index contributed by atoms with van der Waals surface area (Å²) in [6, 6.07) is 20.2. The Morgan fingerprint density at radius 1 is 0.392 bits per heavy atom. The highest BCUT2D eigenvalue weighted by molar-refractivity contribution is 9.10. The summed E-state index contributed by atoms with van der Waals surface area (Å²) in [5.41, 5.74) is 7.93. The van der Waals surface area contributed by atoms with Crippen LogP contribution in [-0.4, -0.2) is 284 Å². The third kappa shape index (κ3) is 24.8. The number of nitrogens with zero attached hydrogens (tertiary/aromatic N) is 15. The van der Waals surface area contributed by atoms with Crippen molar-refractivity contribution in [3.05, 3.63) is 136 Å². The van der Waals surface area contributed by atoms with Crippen molar-refractivity contribution in [1.29, 1.82) is 0 Å². The molecule has 38 nitrogen and oxygen atoms in total. The summed E-state index contributed by atoms with van der Waals surface area (Å²) in [4.78, 5) is 199. The molecule has 5 N–H and O–H groups in total. The molecular formula is C107H145BrClN20O18P. The van der Waals surface area contributed by atoms with Crippen molar-refractivity contribution in [3.8, 4) is 24.2 Å². The molecule has 4 spiro atoms. The summed E-state index contributed by atoms with van der Waals surface area (Å²) in [5, 5.41) is 12.8. The van der Waals surface area contributed by atoms with Gasteiger partial charge in [-0.15, -0.1) is 18.8 Å². The SMILES string of the molecule is C#CCN1CCC2(CC1)CN(C(=O)OC(C)(C)C)C2.Cl.Cn1c(=O)n(C2CCC(=O)NC2=O)c2cccc(Br)c21.Cn1c(=O)n(C2CCC(=O)NC2=O)c2cccc(C#CCN3CCC4(CC3)CN(C(=O)OC(C)(C)C)C4)c21.Cn1c(=O)n(C2CCC(=O)NC2=O)c2cccc(CCCN3CCC4(CC3)CN(C(=O)OC(C)(C)C)C4)c21.Cn1c(=O)n(C2CCC(=O)NC2=O)c2cccc(CCCN3CCC4(CC3)CNC4)c21.P. The van der Waals surface area contributed by atoms with Gasteiger partial charge in [0.25, 0.3) is 0 Å². The number of imide groups is 4. The number of piperidine rings is 8. The highest BCUT2D eigenvalue weighted by atomic mass is 79.9. The zero-order valence-corrected chi connectivity index (χ0v) is 91.5. The number of hydrogen-bond acceptors (Lipinski definition) is 23. The Hall–Kier alpha value is -11.6. The first-order valence-corrected chi connectivity index (χ1v) is 52.3. The molecule has 5 atom stereocenters. The Morgan fingerprint density at radius 3 is 0.986 bits per heavy atom. The highest BCUT2D eigenvalue weighted by Gasteiger charge is 2.52. The molecule has 4 aromatic heterocycles. The van der Waals surface area contributed by atoms with Gasteiger partial charge >= 0.3 is 41.0 Å². The zero-order valence-electron chi connectivity index (χ0n) is 87.6. The van der Waals surface area contributed by atoms with Gasteiger partial charge in [0.1, 0.15) is 41.0 Å². The number of amides is 11. The molecule has 12 fully saturated rings. The minimum Gasteiger partial charge on any atom is -0.444 e. The van der Waals surface area contributed by atoms with E-state index >= 15 is 0 Å². The number of fused-ring (bicyclic) bond motifs is 4. The fourth-order valence-corrected chi connectivity index (χ4v) is 23.6. The van der Waals surface area contributed by atoms with Crippen LogP contribution in [0.2, 0.25) is 0 Å². The minimum absolute atomic E-state index is 0. The van der Waals surface area contributed by atoms with Crippen molar-refractivity contribution >= 4 is 148 Å². The highest BCUT2D eigenvalue weighted by Crippen LogP contribution is 2.45. The molecule has 4 aromatic carbocycles. The molecule has 0 radical (unpaired) electrons. The van der Waals surface area contributed by atoms with Crippen LogP contribution in [0, 0.1) is 45.8 Å². The molecule has 800 valence electrons. The van der Waals surface area contributed by atoms with Gasteiger partial charge in [0.05, 0.1) is 62.8 Å². The van der Waals surface area contributed by atoms with E-state index in [4.69, 9.17) is 20.6 Å². The fourth-order valence-electron chi connectivity index (χ4n) is 23.0. The van der Waals surface area contributed by atoms with Crippen molar-refractivity contribution in [2.24, 2.45) is 49.9 Å². The molecule has 5 unspecified atom stereocenters.